The fraction of sp³-hybridized carbons (Fsp3) is 0.368. The Morgan fingerprint density at radius 3 is 2.72 bits per heavy atom. The van der Waals surface area contributed by atoms with E-state index in [1.54, 1.807) is 18.2 Å². The molecule has 0 spiro atoms. The van der Waals surface area contributed by atoms with Crippen molar-refractivity contribution in [3.05, 3.63) is 40.2 Å². The summed E-state index contributed by atoms with van der Waals surface area (Å²) >= 11 is -1.42. The summed E-state index contributed by atoms with van der Waals surface area (Å²) in [6.07, 6.45) is -5.24. The van der Waals surface area contributed by atoms with E-state index in [1.807, 2.05) is 11.9 Å². The van der Waals surface area contributed by atoms with Gasteiger partial charge in [0.05, 0.1) is 0 Å². The zero-order valence-corrected chi connectivity index (χ0v) is 17.7. The van der Waals surface area contributed by atoms with Gasteiger partial charge in [0.2, 0.25) is 0 Å². The second-order valence-corrected chi connectivity index (χ2v) is 9.59. The Bertz CT molecular complexity index is 950. The number of likely N-dealkylation sites (tertiary alicyclic amines) is 1. The molecule has 0 unspecified atom stereocenters. The molecule has 2 atom stereocenters. The van der Waals surface area contributed by atoms with Crippen molar-refractivity contribution in [3.8, 4) is 0 Å². The summed E-state index contributed by atoms with van der Waals surface area (Å²) in [5.41, 5.74) is 4.31. The first-order chi connectivity index (χ1) is 13.6. The van der Waals surface area contributed by atoms with E-state index < -0.39 is 49.1 Å². The van der Waals surface area contributed by atoms with E-state index in [4.69, 9.17) is 5.73 Å². The van der Waals surface area contributed by atoms with Gasteiger partial charge in [-0.1, -0.05) is 0 Å². The number of nitrogens with one attached hydrogen (secondary N) is 1. The summed E-state index contributed by atoms with van der Waals surface area (Å²) in [5.74, 6) is 0. The molecule has 0 aliphatic carbocycles. The molecule has 1 amide bonds. The number of aromatic nitrogens is 1. The molecule has 1 aromatic heterocycles. The summed E-state index contributed by atoms with van der Waals surface area (Å²) in [7, 11) is 1.83. The number of alkyl halides is 4. The number of pyridine rings is 1. The Kier molecular flexibility index (Phi) is 6.32. The van der Waals surface area contributed by atoms with Crippen LogP contribution < -0.4 is 32.3 Å². The van der Waals surface area contributed by atoms with Gasteiger partial charge in [-0.25, -0.2) is 0 Å². The van der Waals surface area contributed by atoms with Crippen molar-refractivity contribution in [2.45, 2.75) is 24.8 Å². The van der Waals surface area contributed by atoms with Crippen LogP contribution in [0.15, 0.2) is 30.8 Å². The van der Waals surface area contributed by atoms with Gasteiger partial charge < -0.3 is 0 Å². The van der Waals surface area contributed by atoms with Gasteiger partial charge in [-0.2, -0.15) is 0 Å². The van der Waals surface area contributed by atoms with Gasteiger partial charge in [0.15, 0.2) is 0 Å². The fourth-order valence-electron chi connectivity index (χ4n) is 3.30. The number of halogens is 5. The van der Waals surface area contributed by atoms with Crippen molar-refractivity contribution in [1.29, 1.82) is 0 Å². The SMILES string of the molecule is C=C(c1nc([I-]C(N)=O)cc2c(N[C@@H]3CCN(C)C[C@@H]3F)cccc12)C(F)(F)F. The van der Waals surface area contributed by atoms with Crippen LogP contribution in [0.3, 0.4) is 0 Å². The van der Waals surface area contributed by atoms with Crippen LogP contribution in [-0.4, -0.2) is 52.3 Å². The number of rotatable bonds is 5. The van der Waals surface area contributed by atoms with E-state index in [-0.39, 0.29) is 21.3 Å². The molecular weight excluding hydrogens is 503 g/mol. The summed E-state index contributed by atoms with van der Waals surface area (Å²) in [6, 6.07) is 5.87. The van der Waals surface area contributed by atoms with Crippen molar-refractivity contribution in [2.24, 2.45) is 5.73 Å². The minimum atomic E-state index is -4.68. The van der Waals surface area contributed by atoms with Gasteiger partial charge in [0, 0.05) is 0 Å². The number of nitrogens with two attached hydrogens (primary N) is 1. The molecule has 0 bridgehead atoms. The molecule has 2 aromatic rings. The van der Waals surface area contributed by atoms with Gasteiger partial charge in [-0.3, -0.25) is 0 Å². The molecule has 3 rings (SSSR count). The number of primary amides is 1. The molecule has 1 aliphatic heterocycles. The normalized spacial score (nSPS) is 20.7. The average molecular weight is 523 g/mol. The summed E-state index contributed by atoms with van der Waals surface area (Å²) < 4.78 is 54.0. The molecule has 2 heterocycles. The van der Waals surface area contributed by atoms with E-state index in [9.17, 15) is 22.4 Å². The molecule has 3 N–H and O–H groups in total. The zero-order chi connectivity index (χ0) is 21.3. The van der Waals surface area contributed by atoms with E-state index in [0.717, 1.165) is 0 Å². The number of nitrogens with zero attached hydrogens (tertiary/aromatic N) is 2. The van der Waals surface area contributed by atoms with Crippen LogP contribution in [0.4, 0.5) is 28.0 Å². The molecule has 1 aromatic carbocycles. The molecule has 5 nitrogen and oxygen atoms in total. The quantitative estimate of drug-likeness (QED) is 0.198. The molecule has 0 saturated carbocycles. The fourth-order valence-corrected chi connectivity index (χ4v) is 4.67. The second kappa shape index (κ2) is 8.42. The van der Waals surface area contributed by atoms with Crippen molar-refractivity contribution in [2.75, 3.05) is 25.5 Å². The van der Waals surface area contributed by atoms with Gasteiger partial charge in [-0.15, -0.1) is 0 Å². The van der Waals surface area contributed by atoms with E-state index in [0.29, 0.717) is 24.0 Å². The number of anilines is 1. The van der Waals surface area contributed by atoms with Crippen LogP contribution in [0.25, 0.3) is 16.3 Å². The molecule has 158 valence electrons. The number of benzene rings is 1. The van der Waals surface area contributed by atoms with Crippen molar-refractivity contribution in [3.63, 3.8) is 0 Å². The third-order valence-electron chi connectivity index (χ3n) is 4.75. The first-order valence-electron chi connectivity index (χ1n) is 8.80. The Balaban J connectivity index is 2.09. The predicted molar refractivity (Wildman–Crippen MR) is 99.5 cm³/mol. The molecule has 10 heteroatoms. The maximum atomic E-state index is 14.5. The topological polar surface area (TPSA) is 71.2 Å². The predicted octanol–water partition coefficient (Wildman–Crippen LogP) is 0.602. The third-order valence-corrected chi connectivity index (χ3v) is 6.38. The van der Waals surface area contributed by atoms with Crippen molar-refractivity contribution in [1.82, 2.24) is 9.88 Å². The van der Waals surface area contributed by atoms with Crippen LogP contribution in [0, 0.1) is 3.70 Å². The molecule has 1 fully saturated rings. The summed E-state index contributed by atoms with van der Waals surface area (Å²) in [4.78, 5) is 17.3. The molecule has 1 aliphatic rings. The standard InChI is InChI=1S/C19H20F4IN4O/c1-10(19(21,22)23)17-11-4-3-5-14(12(11)8-16(27-17)24-18(25)29)26-15-6-7-28(2)9-13(15)20/h3-5,8,13,15,26H,1,6-7,9H2,2H3,(H2,25,29)/q-1/t13-,15+/m0/s1. The van der Waals surface area contributed by atoms with Crippen LogP contribution in [0.1, 0.15) is 12.1 Å². The second-order valence-electron chi connectivity index (χ2n) is 6.89. The van der Waals surface area contributed by atoms with Crippen molar-refractivity contribution < 1.29 is 43.6 Å². The Morgan fingerprint density at radius 1 is 1.38 bits per heavy atom. The van der Waals surface area contributed by atoms with E-state index in [2.05, 4.69) is 16.9 Å². The maximum absolute atomic E-state index is 14.5. The monoisotopic (exact) mass is 523 g/mol. The number of fused-ring (bicyclic) bond motifs is 1. The first kappa shape index (κ1) is 21.8. The van der Waals surface area contributed by atoms with Crippen LogP contribution in [-0.2, 0) is 0 Å². The Hall–Kier alpha value is -1.95. The Morgan fingerprint density at radius 2 is 2.10 bits per heavy atom. The van der Waals surface area contributed by atoms with Crippen LogP contribution >= 0.6 is 0 Å². The number of hydrogen-bond acceptors (Lipinski definition) is 4. The average Bonchev–Trinajstić information content (AvgIpc) is 2.62. The van der Waals surface area contributed by atoms with Crippen LogP contribution in [0.5, 0.6) is 0 Å². The molecule has 29 heavy (non-hydrogen) atoms. The zero-order valence-electron chi connectivity index (χ0n) is 15.6. The van der Waals surface area contributed by atoms with Gasteiger partial charge in [0.1, 0.15) is 0 Å². The van der Waals surface area contributed by atoms with Gasteiger partial charge >= 0.3 is 176 Å². The summed E-state index contributed by atoms with van der Waals surface area (Å²) in [6.45, 7) is 4.14. The molecular formula is C19H20F4IN4O-. The number of carbonyl (C=O) groups excluding carboxylic acids is 1. The minimum absolute atomic E-state index is 0.207. The summed E-state index contributed by atoms with van der Waals surface area (Å²) in [5, 5.41) is 3.80. The van der Waals surface area contributed by atoms with E-state index >= 15 is 0 Å². The Labute approximate surface area is 175 Å². The molecule has 1 saturated heterocycles. The number of carbonyl (C=O) groups is 1. The number of allylic oxidation sites excluding steroid dienone is 1. The third kappa shape index (κ3) is 4.97. The number of hydrogen-bond donors (Lipinski definition) is 2. The van der Waals surface area contributed by atoms with Gasteiger partial charge in [0.25, 0.3) is 0 Å². The van der Waals surface area contributed by atoms with Crippen molar-refractivity contribution >= 4 is 25.9 Å². The number of piperidine rings is 1. The van der Waals surface area contributed by atoms with Crippen LogP contribution in [0.2, 0.25) is 0 Å². The number of amides is 1. The van der Waals surface area contributed by atoms with Gasteiger partial charge in [-0.05, 0) is 0 Å². The van der Waals surface area contributed by atoms with E-state index in [1.165, 1.54) is 6.07 Å². The molecule has 0 radical (unpaired) electrons. The first-order valence-corrected chi connectivity index (χ1v) is 11.0.